The molecule has 0 saturated carbocycles. The SMILES string of the molecule is CCc1cc(C#N)cc(OC(F)F)c1CC(=O)OC. The van der Waals surface area contributed by atoms with Gasteiger partial charge in [-0.25, -0.2) is 0 Å². The maximum Gasteiger partial charge on any atom is 0.387 e. The lowest BCUT2D eigenvalue weighted by atomic mass is 9.98. The highest BCUT2D eigenvalue weighted by molar-refractivity contribution is 5.74. The number of methoxy groups -OCH3 is 1. The van der Waals surface area contributed by atoms with Crippen LogP contribution >= 0.6 is 0 Å². The number of aryl methyl sites for hydroxylation is 1. The lowest BCUT2D eigenvalue weighted by molar-refractivity contribution is -0.139. The lowest BCUT2D eigenvalue weighted by Gasteiger charge is -2.14. The predicted octanol–water partition coefficient (Wildman–Crippen LogP) is 2.44. The summed E-state index contributed by atoms with van der Waals surface area (Å²) >= 11 is 0. The highest BCUT2D eigenvalue weighted by Gasteiger charge is 2.17. The van der Waals surface area contributed by atoms with Gasteiger partial charge in [-0.2, -0.15) is 14.0 Å². The molecular formula is C13H13F2NO3. The third kappa shape index (κ3) is 3.91. The second-order valence-electron chi connectivity index (χ2n) is 3.71. The monoisotopic (exact) mass is 269 g/mol. The molecule has 0 aliphatic heterocycles. The molecule has 0 bridgehead atoms. The average molecular weight is 269 g/mol. The van der Waals surface area contributed by atoms with E-state index in [4.69, 9.17) is 5.26 Å². The Morgan fingerprint density at radius 3 is 2.63 bits per heavy atom. The molecule has 4 nitrogen and oxygen atoms in total. The number of hydrogen-bond acceptors (Lipinski definition) is 4. The van der Waals surface area contributed by atoms with Gasteiger partial charge in [0.05, 0.1) is 25.2 Å². The maximum absolute atomic E-state index is 12.4. The lowest BCUT2D eigenvalue weighted by Crippen LogP contribution is -2.12. The smallest absolute Gasteiger partial charge is 0.387 e. The molecule has 6 heteroatoms. The third-order valence-electron chi connectivity index (χ3n) is 2.58. The molecule has 1 aromatic rings. The zero-order valence-electron chi connectivity index (χ0n) is 10.6. The number of carbonyl (C=O) groups excluding carboxylic acids is 1. The Balaban J connectivity index is 3.29. The van der Waals surface area contributed by atoms with Crippen molar-refractivity contribution < 1.29 is 23.0 Å². The van der Waals surface area contributed by atoms with E-state index in [0.717, 1.165) is 0 Å². The van der Waals surface area contributed by atoms with Crippen molar-refractivity contribution in [1.82, 2.24) is 0 Å². The van der Waals surface area contributed by atoms with Gasteiger partial charge in [-0.15, -0.1) is 0 Å². The molecule has 0 radical (unpaired) electrons. The van der Waals surface area contributed by atoms with Crippen molar-refractivity contribution in [3.05, 3.63) is 28.8 Å². The van der Waals surface area contributed by atoms with Gasteiger partial charge in [-0.05, 0) is 24.1 Å². The molecule has 0 fully saturated rings. The fourth-order valence-corrected chi connectivity index (χ4v) is 1.70. The van der Waals surface area contributed by atoms with Gasteiger partial charge in [-0.3, -0.25) is 4.79 Å². The molecule has 0 saturated heterocycles. The number of halogens is 2. The van der Waals surface area contributed by atoms with Gasteiger partial charge in [0.15, 0.2) is 0 Å². The number of hydrogen-bond donors (Lipinski definition) is 0. The first kappa shape index (κ1) is 14.9. The van der Waals surface area contributed by atoms with Crippen LogP contribution in [0.3, 0.4) is 0 Å². The molecule has 1 rings (SSSR count). The average Bonchev–Trinajstić information content (AvgIpc) is 2.39. The number of rotatable bonds is 5. The second-order valence-corrected chi connectivity index (χ2v) is 3.71. The molecule has 0 spiro atoms. The first-order chi connectivity index (χ1) is 9.01. The predicted molar refractivity (Wildman–Crippen MR) is 62.9 cm³/mol. The molecule has 0 atom stereocenters. The number of nitriles is 1. The van der Waals surface area contributed by atoms with E-state index >= 15 is 0 Å². The molecule has 19 heavy (non-hydrogen) atoms. The molecule has 102 valence electrons. The summed E-state index contributed by atoms with van der Waals surface area (Å²) in [5, 5.41) is 8.85. The van der Waals surface area contributed by atoms with Crippen molar-refractivity contribution in [1.29, 1.82) is 5.26 Å². The van der Waals surface area contributed by atoms with Crippen molar-refractivity contribution in [3.8, 4) is 11.8 Å². The Morgan fingerprint density at radius 1 is 1.47 bits per heavy atom. The molecule has 0 aliphatic carbocycles. The van der Waals surface area contributed by atoms with Gasteiger partial charge in [0.25, 0.3) is 0 Å². The Hall–Kier alpha value is -2.16. The zero-order chi connectivity index (χ0) is 14.4. The topological polar surface area (TPSA) is 59.3 Å². The normalized spacial score (nSPS) is 10.1. The van der Waals surface area contributed by atoms with E-state index in [-0.39, 0.29) is 17.7 Å². The summed E-state index contributed by atoms with van der Waals surface area (Å²) in [5.41, 5.74) is 1.15. The summed E-state index contributed by atoms with van der Waals surface area (Å²) < 4.78 is 33.6. The maximum atomic E-state index is 12.4. The van der Waals surface area contributed by atoms with Crippen LogP contribution in [0, 0.1) is 11.3 Å². The summed E-state index contributed by atoms with van der Waals surface area (Å²) in [5.74, 6) is -0.713. The first-order valence-corrected chi connectivity index (χ1v) is 5.59. The number of carbonyl (C=O) groups is 1. The Morgan fingerprint density at radius 2 is 2.16 bits per heavy atom. The Kier molecular flexibility index (Phi) is 5.24. The van der Waals surface area contributed by atoms with E-state index in [1.54, 1.807) is 13.0 Å². The molecule has 0 aromatic heterocycles. The first-order valence-electron chi connectivity index (χ1n) is 5.59. The van der Waals surface area contributed by atoms with Crippen LogP contribution in [-0.4, -0.2) is 19.7 Å². The third-order valence-corrected chi connectivity index (χ3v) is 2.58. The minimum absolute atomic E-state index is 0.156. The van der Waals surface area contributed by atoms with Gasteiger partial charge < -0.3 is 9.47 Å². The molecule has 0 aliphatic rings. The number of esters is 1. The summed E-state index contributed by atoms with van der Waals surface area (Å²) in [6, 6.07) is 4.62. The van der Waals surface area contributed by atoms with Gasteiger partial charge in [-0.1, -0.05) is 6.92 Å². The van der Waals surface area contributed by atoms with Gasteiger partial charge in [0, 0.05) is 5.56 Å². The zero-order valence-corrected chi connectivity index (χ0v) is 10.6. The fourth-order valence-electron chi connectivity index (χ4n) is 1.70. The van der Waals surface area contributed by atoms with E-state index in [9.17, 15) is 13.6 Å². The van der Waals surface area contributed by atoms with Crippen molar-refractivity contribution in [2.45, 2.75) is 26.4 Å². The quantitative estimate of drug-likeness (QED) is 0.770. The number of alkyl halides is 2. The molecule has 0 unspecified atom stereocenters. The summed E-state index contributed by atoms with van der Waals surface area (Å²) in [7, 11) is 1.21. The molecule has 0 N–H and O–H groups in total. The summed E-state index contributed by atoms with van der Waals surface area (Å²) in [6.45, 7) is -1.22. The number of ether oxygens (including phenoxy) is 2. The van der Waals surface area contributed by atoms with Crippen LogP contribution in [0.4, 0.5) is 8.78 Å². The van der Waals surface area contributed by atoms with E-state index in [1.165, 1.54) is 13.2 Å². The highest BCUT2D eigenvalue weighted by atomic mass is 19.3. The number of benzene rings is 1. The van der Waals surface area contributed by atoms with Crippen molar-refractivity contribution in [3.63, 3.8) is 0 Å². The molecular weight excluding hydrogens is 256 g/mol. The van der Waals surface area contributed by atoms with Crippen molar-refractivity contribution >= 4 is 5.97 Å². The van der Waals surface area contributed by atoms with Crippen LogP contribution in [0.2, 0.25) is 0 Å². The van der Waals surface area contributed by atoms with E-state index in [1.807, 2.05) is 6.07 Å². The van der Waals surface area contributed by atoms with E-state index in [0.29, 0.717) is 17.5 Å². The Labute approximate surface area is 109 Å². The summed E-state index contributed by atoms with van der Waals surface area (Å²) in [4.78, 5) is 11.3. The highest BCUT2D eigenvalue weighted by Crippen LogP contribution is 2.27. The molecule has 0 heterocycles. The largest absolute Gasteiger partial charge is 0.469 e. The van der Waals surface area contributed by atoms with Gasteiger partial charge in [0.2, 0.25) is 0 Å². The van der Waals surface area contributed by atoms with Crippen LogP contribution in [0.1, 0.15) is 23.6 Å². The van der Waals surface area contributed by atoms with Crippen LogP contribution in [0.15, 0.2) is 12.1 Å². The van der Waals surface area contributed by atoms with Gasteiger partial charge >= 0.3 is 12.6 Å². The van der Waals surface area contributed by atoms with Crippen molar-refractivity contribution in [2.24, 2.45) is 0 Å². The van der Waals surface area contributed by atoms with Crippen molar-refractivity contribution in [2.75, 3.05) is 7.11 Å². The van der Waals surface area contributed by atoms with E-state index < -0.39 is 12.6 Å². The van der Waals surface area contributed by atoms with Crippen LogP contribution < -0.4 is 4.74 Å². The second kappa shape index (κ2) is 6.69. The number of nitrogens with zero attached hydrogens (tertiary/aromatic N) is 1. The molecule has 0 amide bonds. The fraction of sp³-hybridized carbons (Fsp3) is 0.385. The Bertz CT molecular complexity index is 509. The van der Waals surface area contributed by atoms with Crippen LogP contribution in [-0.2, 0) is 22.4 Å². The van der Waals surface area contributed by atoms with Gasteiger partial charge in [0.1, 0.15) is 5.75 Å². The van der Waals surface area contributed by atoms with Crippen LogP contribution in [0.5, 0.6) is 5.75 Å². The standard InChI is InChI=1S/C13H13F2NO3/c1-3-9-4-8(7-16)5-11(19-13(14)15)10(9)6-12(17)18-2/h4-5,13H,3,6H2,1-2H3. The summed E-state index contributed by atoms with van der Waals surface area (Å²) in [6.07, 6.45) is 0.314. The molecule has 1 aromatic carbocycles. The minimum Gasteiger partial charge on any atom is -0.469 e. The minimum atomic E-state index is -3.02. The van der Waals surface area contributed by atoms with Crippen LogP contribution in [0.25, 0.3) is 0 Å². The van der Waals surface area contributed by atoms with E-state index in [2.05, 4.69) is 9.47 Å².